The van der Waals surface area contributed by atoms with Crippen LogP contribution in [0.3, 0.4) is 0 Å². The summed E-state index contributed by atoms with van der Waals surface area (Å²) in [5.41, 5.74) is 0. The molecule has 0 saturated carbocycles. The third-order valence-electron chi connectivity index (χ3n) is 3.57. The van der Waals surface area contributed by atoms with E-state index in [9.17, 15) is 8.42 Å². The summed E-state index contributed by atoms with van der Waals surface area (Å²) in [5, 5.41) is 8.29. The molecule has 3 atom stereocenters. The van der Waals surface area contributed by atoms with Gasteiger partial charge in [0.1, 0.15) is 5.25 Å². The quantitative estimate of drug-likeness (QED) is 0.802. The third kappa shape index (κ3) is 2.65. The molecule has 0 aromatic rings. The van der Waals surface area contributed by atoms with Crippen LogP contribution in [0.1, 0.15) is 32.6 Å². The number of aliphatic hydroxyl groups excluding tert-OH is 1. The number of hydrogen-bond acceptors (Lipinski definition) is 5. The second-order valence-electron chi connectivity index (χ2n) is 4.93. The van der Waals surface area contributed by atoms with E-state index in [0.29, 0.717) is 19.4 Å². The predicted molar refractivity (Wildman–Crippen MR) is 62.4 cm³/mol. The van der Waals surface area contributed by atoms with E-state index in [0.717, 1.165) is 12.8 Å². The minimum atomic E-state index is -3.12. The van der Waals surface area contributed by atoms with Crippen LogP contribution in [0.5, 0.6) is 0 Å². The van der Waals surface area contributed by atoms with Crippen LogP contribution in [-0.2, 0) is 19.3 Å². The monoisotopic (exact) mass is 264 g/mol. The number of aliphatic hydroxyl groups is 1. The minimum Gasteiger partial charge on any atom is -0.396 e. The van der Waals surface area contributed by atoms with E-state index in [4.69, 9.17) is 14.6 Å². The van der Waals surface area contributed by atoms with E-state index in [-0.39, 0.29) is 18.5 Å². The summed E-state index contributed by atoms with van der Waals surface area (Å²) in [5.74, 6) is -0.802. The molecule has 0 aliphatic carbocycles. The SMILES string of the molecule is CC1(C2CCCCS2(=O)=O)OCC(CCO)O1. The van der Waals surface area contributed by atoms with Crippen molar-refractivity contribution in [3.8, 4) is 0 Å². The molecule has 0 aromatic carbocycles. The Morgan fingerprint density at radius 1 is 1.41 bits per heavy atom. The summed E-state index contributed by atoms with van der Waals surface area (Å²) < 4.78 is 35.3. The Kier molecular flexibility index (Phi) is 3.77. The van der Waals surface area contributed by atoms with Crippen molar-refractivity contribution in [2.75, 3.05) is 19.0 Å². The van der Waals surface area contributed by atoms with Gasteiger partial charge in [0.05, 0.1) is 18.5 Å². The largest absolute Gasteiger partial charge is 0.396 e. The maximum absolute atomic E-state index is 12.0. The maximum atomic E-state index is 12.0. The van der Waals surface area contributed by atoms with Crippen LogP contribution in [0.15, 0.2) is 0 Å². The summed E-state index contributed by atoms with van der Waals surface area (Å²) in [6, 6.07) is 0. The number of ether oxygens (including phenoxy) is 2. The fourth-order valence-corrected chi connectivity index (χ4v) is 4.85. The van der Waals surface area contributed by atoms with Crippen LogP contribution >= 0.6 is 0 Å². The van der Waals surface area contributed by atoms with Crippen LogP contribution in [0.25, 0.3) is 0 Å². The standard InChI is InChI=1S/C11H20O5S/c1-11(15-8-9(16-11)5-6-12)10-4-2-3-7-17(10,13)14/h9-10,12H,2-8H2,1H3. The molecule has 0 amide bonds. The Labute approximate surface area is 102 Å². The van der Waals surface area contributed by atoms with E-state index in [1.54, 1.807) is 6.92 Å². The second-order valence-corrected chi connectivity index (χ2v) is 7.23. The van der Waals surface area contributed by atoms with E-state index in [2.05, 4.69) is 0 Å². The average Bonchev–Trinajstić information content (AvgIpc) is 2.61. The molecule has 2 rings (SSSR count). The van der Waals surface area contributed by atoms with E-state index < -0.39 is 20.9 Å². The second kappa shape index (κ2) is 4.84. The van der Waals surface area contributed by atoms with Gasteiger partial charge in [0.25, 0.3) is 0 Å². The van der Waals surface area contributed by atoms with Gasteiger partial charge in [0, 0.05) is 6.61 Å². The molecule has 2 aliphatic rings. The molecule has 17 heavy (non-hydrogen) atoms. The Morgan fingerprint density at radius 2 is 2.18 bits per heavy atom. The molecule has 1 N–H and O–H groups in total. The predicted octanol–water partition coefficient (Wildman–Crippen LogP) is 0.468. The van der Waals surface area contributed by atoms with Gasteiger partial charge in [0.15, 0.2) is 15.6 Å². The first-order valence-corrected chi connectivity index (χ1v) is 7.84. The van der Waals surface area contributed by atoms with Gasteiger partial charge >= 0.3 is 0 Å². The van der Waals surface area contributed by atoms with Crippen molar-refractivity contribution >= 4 is 9.84 Å². The van der Waals surface area contributed by atoms with Crippen molar-refractivity contribution in [2.24, 2.45) is 0 Å². The van der Waals surface area contributed by atoms with Crippen molar-refractivity contribution in [2.45, 2.75) is 49.7 Å². The molecular weight excluding hydrogens is 244 g/mol. The lowest BCUT2D eigenvalue weighted by Crippen LogP contribution is -2.48. The molecule has 100 valence electrons. The van der Waals surface area contributed by atoms with Crippen molar-refractivity contribution < 1.29 is 23.0 Å². The Bertz CT molecular complexity index is 366. The average molecular weight is 264 g/mol. The van der Waals surface area contributed by atoms with Crippen molar-refractivity contribution in [1.29, 1.82) is 0 Å². The summed E-state index contributed by atoms with van der Waals surface area (Å²) in [7, 11) is -3.12. The van der Waals surface area contributed by atoms with Crippen molar-refractivity contribution in [3.63, 3.8) is 0 Å². The van der Waals surface area contributed by atoms with Gasteiger partial charge in [-0.05, 0) is 26.2 Å². The minimum absolute atomic E-state index is 0.0293. The molecule has 0 spiro atoms. The highest BCUT2D eigenvalue weighted by atomic mass is 32.2. The molecule has 2 aliphatic heterocycles. The Morgan fingerprint density at radius 3 is 2.82 bits per heavy atom. The molecule has 0 radical (unpaired) electrons. The zero-order valence-corrected chi connectivity index (χ0v) is 10.9. The highest BCUT2D eigenvalue weighted by molar-refractivity contribution is 7.92. The number of sulfone groups is 1. The van der Waals surface area contributed by atoms with Crippen LogP contribution < -0.4 is 0 Å². The first kappa shape index (κ1) is 13.3. The van der Waals surface area contributed by atoms with Gasteiger partial charge in [-0.3, -0.25) is 0 Å². The normalized spacial score (nSPS) is 41.5. The van der Waals surface area contributed by atoms with E-state index >= 15 is 0 Å². The number of hydrogen-bond donors (Lipinski definition) is 1. The van der Waals surface area contributed by atoms with Gasteiger partial charge in [-0.15, -0.1) is 0 Å². The zero-order valence-electron chi connectivity index (χ0n) is 10.1. The highest BCUT2D eigenvalue weighted by Crippen LogP contribution is 2.36. The summed E-state index contributed by atoms with van der Waals surface area (Å²) >= 11 is 0. The molecule has 6 heteroatoms. The fourth-order valence-electron chi connectivity index (χ4n) is 2.66. The molecule has 0 aromatic heterocycles. The van der Waals surface area contributed by atoms with E-state index in [1.807, 2.05) is 0 Å². The molecule has 2 fully saturated rings. The third-order valence-corrected chi connectivity index (χ3v) is 5.96. The van der Waals surface area contributed by atoms with Crippen LogP contribution in [0.4, 0.5) is 0 Å². The number of rotatable bonds is 3. The van der Waals surface area contributed by atoms with E-state index in [1.165, 1.54) is 0 Å². The van der Waals surface area contributed by atoms with Gasteiger partial charge in [-0.25, -0.2) is 8.42 Å². The lowest BCUT2D eigenvalue weighted by atomic mass is 10.1. The maximum Gasteiger partial charge on any atom is 0.182 e. The molecule has 3 unspecified atom stereocenters. The molecular formula is C11H20O5S. The van der Waals surface area contributed by atoms with Crippen LogP contribution in [0.2, 0.25) is 0 Å². The first-order chi connectivity index (χ1) is 7.98. The lowest BCUT2D eigenvalue weighted by molar-refractivity contribution is -0.157. The summed E-state index contributed by atoms with van der Waals surface area (Å²) in [6.45, 7) is 2.10. The molecule has 5 nitrogen and oxygen atoms in total. The van der Waals surface area contributed by atoms with Gasteiger partial charge in [-0.2, -0.15) is 0 Å². The highest BCUT2D eigenvalue weighted by Gasteiger charge is 2.50. The van der Waals surface area contributed by atoms with Crippen LogP contribution in [0, 0.1) is 0 Å². The van der Waals surface area contributed by atoms with Gasteiger partial charge in [-0.1, -0.05) is 6.42 Å². The molecule has 2 heterocycles. The summed E-state index contributed by atoms with van der Waals surface area (Å²) in [4.78, 5) is 0. The molecule has 0 bridgehead atoms. The Hall–Kier alpha value is -0.170. The first-order valence-electron chi connectivity index (χ1n) is 6.12. The summed E-state index contributed by atoms with van der Waals surface area (Å²) in [6.07, 6.45) is 2.53. The van der Waals surface area contributed by atoms with Crippen molar-refractivity contribution in [1.82, 2.24) is 0 Å². The fraction of sp³-hybridized carbons (Fsp3) is 1.00. The van der Waals surface area contributed by atoms with Gasteiger partial charge < -0.3 is 14.6 Å². The lowest BCUT2D eigenvalue weighted by Gasteiger charge is -2.34. The van der Waals surface area contributed by atoms with Gasteiger partial charge in [0.2, 0.25) is 0 Å². The topological polar surface area (TPSA) is 72.8 Å². The zero-order chi connectivity index (χ0) is 12.5. The molecule has 2 saturated heterocycles. The van der Waals surface area contributed by atoms with Crippen molar-refractivity contribution in [3.05, 3.63) is 0 Å². The smallest absolute Gasteiger partial charge is 0.182 e. The van der Waals surface area contributed by atoms with Crippen LogP contribution in [-0.4, -0.2) is 49.6 Å². The Balaban J connectivity index is 2.11.